The molecule has 0 spiro atoms. The van der Waals surface area contributed by atoms with Crippen molar-refractivity contribution in [3.8, 4) is 0 Å². The van der Waals surface area contributed by atoms with Crippen molar-refractivity contribution < 1.29 is 34.0 Å². The number of aromatic amines is 1. The Morgan fingerprint density at radius 2 is 2.04 bits per heavy atom. The second-order valence-electron chi connectivity index (χ2n) is 5.78. The Kier molecular flexibility index (Phi) is 5.20. The van der Waals surface area contributed by atoms with Gasteiger partial charge in [-0.15, -0.1) is 0 Å². The highest BCUT2D eigenvalue weighted by Crippen LogP contribution is 2.39. The summed E-state index contributed by atoms with van der Waals surface area (Å²) in [6, 6.07) is 0. The van der Waals surface area contributed by atoms with Crippen LogP contribution in [-0.4, -0.2) is 54.4 Å². The molecule has 11 heteroatoms. The molecule has 0 amide bonds. The van der Waals surface area contributed by atoms with Gasteiger partial charge in [-0.3, -0.25) is 23.9 Å². The van der Waals surface area contributed by atoms with Crippen LogP contribution >= 0.6 is 0 Å². The van der Waals surface area contributed by atoms with Gasteiger partial charge in [0.05, 0.1) is 12.3 Å². The van der Waals surface area contributed by atoms with Crippen molar-refractivity contribution in [1.29, 1.82) is 0 Å². The molecule has 0 aliphatic carbocycles. The molecule has 4 N–H and O–H groups in total. The third-order valence-electron chi connectivity index (χ3n) is 4.03. The van der Waals surface area contributed by atoms with Crippen molar-refractivity contribution in [2.45, 2.75) is 50.2 Å². The molecule has 2 heterocycles. The molecule has 2 rings (SSSR count). The monoisotopic (exact) mass is 360 g/mol. The average Bonchev–Trinajstić information content (AvgIpc) is 2.76. The fourth-order valence-corrected chi connectivity index (χ4v) is 2.70. The van der Waals surface area contributed by atoms with Gasteiger partial charge in [-0.1, -0.05) is 0 Å². The Balaban J connectivity index is 2.41. The third kappa shape index (κ3) is 3.38. The highest BCUT2D eigenvalue weighted by atomic mass is 19.1. The Labute approximate surface area is 139 Å². The molecule has 1 aliphatic heterocycles. The summed E-state index contributed by atoms with van der Waals surface area (Å²) in [7, 11) is 0. The zero-order valence-corrected chi connectivity index (χ0v) is 13.1. The first-order valence-corrected chi connectivity index (χ1v) is 7.41. The normalized spacial score (nSPS) is 28.9. The summed E-state index contributed by atoms with van der Waals surface area (Å²) in [4.78, 5) is 47.6. The van der Waals surface area contributed by atoms with E-state index in [2.05, 4.69) is 0 Å². The second kappa shape index (κ2) is 6.86. The van der Waals surface area contributed by atoms with Crippen molar-refractivity contribution in [3.63, 3.8) is 0 Å². The lowest BCUT2D eigenvalue weighted by atomic mass is 9.87. The van der Waals surface area contributed by atoms with Crippen LogP contribution in [0.5, 0.6) is 0 Å². The van der Waals surface area contributed by atoms with Gasteiger partial charge in [0.15, 0.2) is 17.6 Å². The predicted molar refractivity (Wildman–Crippen MR) is 78.3 cm³/mol. The first kappa shape index (κ1) is 19.0. The van der Waals surface area contributed by atoms with E-state index in [4.69, 9.17) is 9.84 Å². The van der Waals surface area contributed by atoms with Gasteiger partial charge in [-0.05, 0) is 13.3 Å². The molecule has 0 bridgehead atoms. The van der Waals surface area contributed by atoms with Gasteiger partial charge in [-0.2, -0.15) is 4.39 Å². The highest BCUT2D eigenvalue weighted by Gasteiger charge is 2.59. The number of aliphatic carboxylic acids is 1. The van der Waals surface area contributed by atoms with E-state index in [1.807, 2.05) is 0 Å². The largest absolute Gasteiger partial charge is 0.481 e. The number of carboxylic acid groups (broad SMARTS) is 1. The molecule has 4 atom stereocenters. The van der Waals surface area contributed by atoms with Crippen LogP contribution in [0.25, 0.3) is 0 Å². The summed E-state index contributed by atoms with van der Waals surface area (Å²) >= 11 is 0. The van der Waals surface area contributed by atoms with E-state index in [0.717, 1.165) is 0 Å². The lowest BCUT2D eigenvalue weighted by Gasteiger charge is -2.30. The number of hydrogen-bond donors (Lipinski definition) is 4. The van der Waals surface area contributed by atoms with Gasteiger partial charge < -0.3 is 20.1 Å². The van der Waals surface area contributed by atoms with E-state index in [-0.39, 0.29) is 12.8 Å². The molecule has 0 saturated carbocycles. The Hall–Kier alpha value is -2.37. The molecule has 10 nitrogen and oxygen atoms in total. The van der Waals surface area contributed by atoms with E-state index < -0.39 is 59.3 Å². The lowest BCUT2D eigenvalue weighted by Crippen LogP contribution is -2.54. The first-order valence-electron chi connectivity index (χ1n) is 7.41. The van der Waals surface area contributed by atoms with Crippen LogP contribution in [0.3, 0.4) is 0 Å². The second-order valence-corrected chi connectivity index (χ2v) is 5.78. The molecular formula is C14H17FN2O8. The molecule has 1 fully saturated rings. The fraction of sp³-hybridized carbons (Fsp3) is 0.571. The fourth-order valence-electron chi connectivity index (χ4n) is 2.70. The van der Waals surface area contributed by atoms with Crippen molar-refractivity contribution in [1.82, 2.24) is 9.55 Å². The number of aliphatic hydroxyl groups excluding tert-OH is 1. The van der Waals surface area contributed by atoms with E-state index in [1.54, 1.807) is 4.98 Å². The molecule has 25 heavy (non-hydrogen) atoms. The number of nitrogens with one attached hydrogen (secondary N) is 1. The molecule has 0 radical (unpaired) electrons. The molecule has 1 saturated heterocycles. The minimum Gasteiger partial charge on any atom is -0.481 e. The SMILES string of the molecule is C[C@H]1O[C@@H](n2cc(F)c(=O)[nH]c2=O)[C@@](O)(C(=O)CCCC(=O)O)[C@@H]1O. The predicted octanol–water partition coefficient (Wildman–Crippen LogP) is -1.49. The van der Waals surface area contributed by atoms with Gasteiger partial charge >= 0.3 is 11.7 Å². The summed E-state index contributed by atoms with van der Waals surface area (Å²) in [5, 5.41) is 29.5. The first-order chi connectivity index (χ1) is 11.6. The van der Waals surface area contributed by atoms with Crippen LogP contribution < -0.4 is 11.2 Å². The number of rotatable bonds is 6. The quantitative estimate of drug-likeness (QED) is 0.477. The number of aromatic nitrogens is 2. The molecular weight excluding hydrogens is 343 g/mol. The zero-order chi connectivity index (χ0) is 18.9. The van der Waals surface area contributed by atoms with E-state index in [1.165, 1.54) is 6.92 Å². The lowest BCUT2D eigenvalue weighted by molar-refractivity contribution is -0.159. The van der Waals surface area contributed by atoms with Crippen LogP contribution in [0, 0.1) is 5.82 Å². The van der Waals surface area contributed by atoms with Gasteiger partial charge in [0.25, 0.3) is 5.56 Å². The minimum atomic E-state index is -2.60. The average molecular weight is 360 g/mol. The Morgan fingerprint density at radius 3 is 2.64 bits per heavy atom. The van der Waals surface area contributed by atoms with Crippen molar-refractivity contribution >= 4 is 11.8 Å². The number of H-pyrrole nitrogens is 1. The van der Waals surface area contributed by atoms with Gasteiger partial charge in [-0.25, -0.2) is 4.79 Å². The maximum absolute atomic E-state index is 13.5. The van der Waals surface area contributed by atoms with Gasteiger partial charge in [0.2, 0.25) is 5.82 Å². The minimum absolute atomic E-state index is 0.112. The summed E-state index contributed by atoms with van der Waals surface area (Å²) in [5.74, 6) is -3.46. The molecule has 138 valence electrons. The van der Waals surface area contributed by atoms with Crippen molar-refractivity contribution in [2.75, 3.05) is 0 Å². The Morgan fingerprint density at radius 1 is 1.40 bits per heavy atom. The number of carboxylic acids is 1. The summed E-state index contributed by atoms with van der Waals surface area (Å²) < 4.78 is 19.2. The van der Waals surface area contributed by atoms with Crippen LogP contribution in [0.2, 0.25) is 0 Å². The summed E-state index contributed by atoms with van der Waals surface area (Å²) in [6.07, 6.45) is -5.00. The van der Waals surface area contributed by atoms with E-state index in [0.29, 0.717) is 10.8 Å². The highest BCUT2D eigenvalue weighted by molar-refractivity contribution is 5.89. The molecule has 1 aromatic heterocycles. The molecule has 1 aromatic rings. The molecule has 1 aliphatic rings. The van der Waals surface area contributed by atoms with E-state index >= 15 is 0 Å². The standard InChI is InChI=1S/C14H17FN2O8/c1-6-10(21)14(24,8(18)3-2-4-9(19)20)12(25-6)17-5-7(15)11(22)16-13(17)23/h5-6,10,12,21,24H,2-4H2,1H3,(H,19,20)(H,16,22,23)/t6-,10-,12-,14-/m1/s1. The number of ether oxygens (including phenoxy) is 1. The number of ketones is 1. The topological polar surface area (TPSA) is 159 Å². The van der Waals surface area contributed by atoms with Crippen molar-refractivity contribution in [3.05, 3.63) is 32.9 Å². The number of carbonyl (C=O) groups is 2. The van der Waals surface area contributed by atoms with Crippen LogP contribution in [0.4, 0.5) is 4.39 Å². The number of Topliss-reactive ketones (excluding diaryl/α,β-unsaturated/α-hetero) is 1. The third-order valence-corrected chi connectivity index (χ3v) is 4.03. The summed E-state index contributed by atoms with van der Waals surface area (Å²) in [6.45, 7) is 1.33. The maximum atomic E-state index is 13.5. The van der Waals surface area contributed by atoms with Crippen LogP contribution in [0.1, 0.15) is 32.4 Å². The van der Waals surface area contributed by atoms with Gasteiger partial charge in [0.1, 0.15) is 6.10 Å². The summed E-state index contributed by atoms with van der Waals surface area (Å²) in [5.41, 5.74) is -5.04. The number of hydrogen-bond acceptors (Lipinski definition) is 7. The number of aliphatic hydroxyl groups is 2. The van der Waals surface area contributed by atoms with Crippen LogP contribution in [0.15, 0.2) is 15.8 Å². The number of nitrogens with zero attached hydrogens (tertiary/aromatic N) is 1. The number of halogens is 1. The molecule has 0 unspecified atom stereocenters. The smallest absolute Gasteiger partial charge is 0.330 e. The van der Waals surface area contributed by atoms with Gasteiger partial charge in [0, 0.05) is 12.8 Å². The maximum Gasteiger partial charge on any atom is 0.330 e. The van der Waals surface area contributed by atoms with Crippen molar-refractivity contribution in [2.24, 2.45) is 0 Å². The van der Waals surface area contributed by atoms with E-state index in [9.17, 15) is 33.8 Å². The zero-order valence-electron chi connectivity index (χ0n) is 13.1. The number of carbonyl (C=O) groups excluding carboxylic acids is 1. The van der Waals surface area contributed by atoms with Crippen LogP contribution in [-0.2, 0) is 14.3 Å². The molecule has 0 aromatic carbocycles. The Bertz CT molecular complexity index is 803.